The molecule has 0 spiro atoms. The summed E-state index contributed by atoms with van der Waals surface area (Å²) in [4.78, 5) is 16.4. The van der Waals surface area contributed by atoms with Crippen LogP contribution in [0.25, 0.3) is 0 Å². The summed E-state index contributed by atoms with van der Waals surface area (Å²) in [6.45, 7) is 7.17. The van der Waals surface area contributed by atoms with Gasteiger partial charge in [0.15, 0.2) is 0 Å². The summed E-state index contributed by atoms with van der Waals surface area (Å²) in [5.41, 5.74) is -0.558. The number of carbonyl (C=O) groups excluding carboxylic acids is 1. The van der Waals surface area contributed by atoms with Gasteiger partial charge in [-0.15, -0.1) is 11.3 Å². The fourth-order valence-corrected chi connectivity index (χ4v) is 3.68. The predicted molar refractivity (Wildman–Crippen MR) is 90.0 cm³/mol. The normalized spacial score (nSPS) is 13.9. The first kappa shape index (κ1) is 18.5. The average Bonchev–Trinajstić information content (AvgIpc) is 2.98. The number of hydrogen-bond acceptors (Lipinski definition) is 6. The maximum absolute atomic E-state index is 12.1. The minimum atomic E-state index is -0.558. The number of aromatic nitrogens is 1. The van der Waals surface area contributed by atoms with Crippen LogP contribution in [0.15, 0.2) is 15.9 Å². The molecular weight excluding hydrogens is 304 g/mol. The lowest BCUT2D eigenvalue weighted by atomic mass is 9.95. The molecule has 1 heterocycles. The van der Waals surface area contributed by atoms with Gasteiger partial charge in [-0.25, -0.2) is 4.98 Å². The third kappa shape index (κ3) is 6.80. The molecule has 1 unspecified atom stereocenters. The van der Waals surface area contributed by atoms with Crippen molar-refractivity contribution in [2.75, 3.05) is 18.9 Å². The molecule has 1 aromatic rings. The van der Waals surface area contributed by atoms with E-state index in [0.717, 1.165) is 42.3 Å². The number of esters is 1. The number of nitrogens with one attached hydrogen (secondary N) is 1. The van der Waals surface area contributed by atoms with E-state index in [1.807, 2.05) is 25.4 Å². The van der Waals surface area contributed by atoms with Gasteiger partial charge in [0, 0.05) is 17.3 Å². The van der Waals surface area contributed by atoms with E-state index in [0.29, 0.717) is 6.61 Å². The molecule has 6 heteroatoms. The van der Waals surface area contributed by atoms with E-state index in [4.69, 9.17) is 4.74 Å². The first-order chi connectivity index (χ1) is 10.1. The predicted octanol–water partition coefficient (Wildman–Crippen LogP) is 3.73. The van der Waals surface area contributed by atoms with E-state index in [1.54, 1.807) is 23.1 Å². The van der Waals surface area contributed by atoms with Crippen molar-refractivity contribution in [3.63, 3.8) is 0 Å². The highest BCUT2D eigenvalue weighted by Gasteiger charge is 2.33. The summed E-state index contributed by atoms with van der Waals surface area (Å²) in [7, 11) is 0. The van der Waals surface area contributed by atoms with Crippen LogP contribution in [0.2, 0.25) is 0 Å². The molecule has 4 nitrogen and oxygen atoms in total. The fraction of sp³-hybridized carbons (Fsp3) is 0.733. The standard InChI is InChI=1S/C15H26N2O2S2/c1-4-9-17-15(3,13(18)19-5-2)8-6-7-11-20-14-16-10-12-21-14/h10,12,17H,4-9,11H2,1-3H3. The third-order valence-corrected chi connectivity index (χ3v) is 5.25. The summed E-state index contributed by atoms with van der Waals surface area (Å²) in [5.74, 6) is 0.909. The number of carbonyl (C=O) groups is 1. The number of ether oxygens (including phenoxy) is 1. The van der Waals surface area contributed by atoms with E-state index in [-0.39, 0.29) is 5.97 Å². The Morgan fingerprint density at radius 3 is 2.90 bits per heavy atom. The molecule has 1 aromatic heterocycles. The molecule has 0 aliphatic heterocycles. The lowest BCUT2D eigenvalue weighted by Gasteiger charge is -2.28. The van der Waals surface area contributed by atoms with Gasteiger partial charge < -0.3 is 10.1 Å². The second-order valence-electron chi connectivity index (χ2n) is 5.08. The van der Waals surface area contributed by atoms with Crippen molar-refractivity contribution < 1.29 is 9.53 Å². The highest BCUT2D eigenvalue weighted by atomic mass is 32.2. The minimum Gasteiger partial charge on any atom is -0.465 e. The zero-order valence-electron chi connectivity index (χ0n) is 13.2. The maximum Gasteiger partial charge on any atom is 0.326 e. The van der Waals surface area contributed by atoms with Crippen molar-refractivity contribution in [3.8, 4) is 0 Å². The molecule has 0 aromatic carbocycles. The maximum atomic E-state index is 12.1. The summed E-state index contributed by atoms with van der Waals surface area (Å²) >= 11 is 3.46. The average molecular weight is 331 g/mol. The van der Waals surface area contributed by atoms with Crippen molar-refractivity contribution in [1.29, 1.82) is 0 Å². The van der Waals surface area contributed by atoms with Gasteiger partial charge in [-0.1, -0.05) is 25.1 Å². The molecule has 0 bridgehead atoms. The molecule has 0 aliphatic rings. The Balaban J connectivity index is 2.32. The lowest BCUT2D eigenvalue weighted by Crippen LogP contribution is -2.50. The van der Waals surface area contributed by atoms with E-state index in [2.05, 4.69) is 17.2 Å². The Morgan fingerprint density at radius 1 is 1.48 bits per heavy atom. The number of hydrogen-bond donors (Lipinski definition) is 1. The number of nitrogens with zero attached hydrogens (tertiary/aromatic N) is 1. The Labute approximate surface area is 136 Å². The van der Waals surface area contributed by atoms with Crippen molar-refractivity contribution in [1.82, 2.24) is 10.3 Å². The molecule has 0 aliphatic carbocycles. The van der Waals surface area contributed by atoms with Crippen LogP contribution in [0, 0.1) is 0 Å². The SMILES string of the molecule is CCCNC(C)(CCCCSc1nccs1)C(=O)OCC. The topological polar surface area (TPSA) is 51.2 Å². The number of rotatable bonds is 11. The smallest absolute Gasteiger partial charge is 0.326 e. The Hall–Kier alpha value is -0.590. The Kier molecular flexibility index (Phi) is 8.96. The number of unbranched alkanes of at least 4 members (excludes halogenated alkanes) is 1. The Bertz CT molecular complexity index is 398. The highest BCUT2D eigenvalue weighted by molar-refractivity contribution is 8.00. The molecule has 0 saturated heterocycles. The summed E-state index contributed by atoms with van der Waals surface area (Å²) in [5, 5.41) is 5.34. The number of thiazole rings is 1. The molecule has 120 valence electrons. The van der Waals surface area contributed by atoms with Crippen LogP contribution in [0.4, 0.5) is 0 Å². The molecule has 1 atom stereocenters. The van der Waals surface area contributed by atoms with Gasteiger partial charge in [0.2, 0.25) is 0 Å². The summed E-state index contributed by atoms with van der Waals surface area (Å²) in [6, 6.07) is 0. The van der Waals surface area contributed by atoms with Crippen LogP contribution in [-0.2, 0) is 9.53 Å². The first-order valence-corrected chi connectivity index (χ1v) is 9.43. The molecule has 1 rings (SSSR count). The quantitative estimate of drug-likeness (QED) is 0.381. The highest BCUT2D eigenvalue weighted by Crippen LogP contribution is 2.23. The van der Waals surface area contributed by atoms with Crippen LogP contribution in [0.1, 0.15) is 46.5 Å². The van der Waals surface area contributed by atoms with Crippen molar-refractivity contribution >= 4 is 29.1 Å². The van der Waals surface area contributed by atoms with E-state index >= 15 is 0 Å². The van der Waals surface area contributed by atoms with Gasteiger partial charge in [0.05, 0.1) is 6.61 Å². The summed E-state index contributed by atoms with van der Waals surface area (Å²) < 4.78 is 6.32. The van der Waals surface area contributed by atoms with E-state index in [9.17, 15) is 4.79 Å². The van der Waals surface area contributed by atoms with Crippen molar-refractivity contribution in [3.05, 3.63) is 11.6 Å². The van der Waals surface area contributed by atoms with Gasteiger partial charge in [-0.3, -0.25) is 4.79 Å². The summed E-state index contributed by atoms with van der Waals surface area (Å²) in [6.07, 6.45) is 5.73. The fourth-order valence-electron chi connectivity index (χ4n) is 1.98. The monoisotopic (exact) mass is 330 g/mol. The molecule has 0 saturated carbocycles. The van der Waals surface area contributed by atoms with Crippen molar-refractivity contribution in [2.24, 2.45) is 0 Å². The molecule has 21 heavy (non-hydrogen) atoms. The second-order valence-corrected chi connectivity index (χ2v) is 7.32. The minimum absolute atomic E-state index is 0.133. The van der Waals surface area contributed by atoms with Crippen molar-refractivity contribution in [2.45, 2.75) is 56.3 Å². The molecule has 1 N–H and O–H groups in total. The van der Waals surface area contributed by atoms with Gasteiger partial charge in [-0.2, -0.15) is 0 Å². The zero-order valence-corrected chi connectivity index (χ0v) is 14.8. The van der Waals surface area contributed by atoms with Crippen LogP contribution in [0.3, 0.4) is 0 Å². The zero-order chi connectivity index (χ0) is 15.6. The van der Waals surface area contributed by atoms with Crippen LogP contribution in [0.5, 0.6) is 0 Å². The van der Waals surface area contributed by atoms with Crippen LogP contribution >= 0.6 is 23.1 Å². The van der Waals surface area contributed by atoms with Gasteiger partial charge in [0.25, 0.3) is 0 Å². The van der Waals surface area contributed by atoms with Gasteiger partial charge in [0.1, 0.15) is 9.88 Å². The molecule has 0 radical (unpaired) electrons. The lowest BCUT2D eigenvalue weighted by molar-refractivity contribution is -0.150. The molecule has 0 amide bonds. The third-order valence-electron chi connectivity index (χ3n) is 3.20. The molecule has 0 fully saturated rings. The van der Waals surface area contributed by atoms with E-state index in [1.165, 1.54) is 0 Å². The van der Waals surface area contributed by atoms with E-state index < -0.39 is 5.54 Å². The Morgan fingerprint density at radius 2 is 2.29 bits per heavy atom. The first-order valence-electron chi connectivity index (χ1n) is 7.57. The van der Waals surface area contributed by atoms with Gasteiger partial charge >= 0.3 is 5.97 Å². The second kappa shape index (κ2) is 10.2. The van der Waals surface area contributed by atoms with Crippen LogP contribution < -0.4 is 5.32 Å². The molecular formula is C15H26N2O2S2. The van der Waals surface area contributed by atoms with Gasteiger partial charge in [-0.05, 0) is 39.7 Å². The largest absolute Gasteiger partial charge is 0.465 e. The van der Waals surface area contributed by atoms with Crippen LogP contribution in [-0.4, -0.2) is 35.4 Å². The number of thioether (sulfide) groups is 1.